The van der Waals surface area contributed by atoms with Gasteiger partial charge in [-0.15, -0.1) is 5.10 Å². The van der Waals surface area contributed by atoms with Crippen LogP contribution in [0, 0.1) is 0 Å². The van der Waals surface area contributed by atoms with Crippen LogP contribution < -0.4 is 0 Å². The van der Waals surface area contributed by atoms with Crippen LogP contribution in [0.5, 0.6) is 0 Å². The molecule has 0 bridgehead atoms. The number of nitrogens with zero attached hydrogens (tertiary/aromatic N) is 2. The van der Waals surface area contributed by atoms with Crippen LogP contribution in [0.25, 0.3) is 0 Å². The lowest BCUT2D eigenvalue weighted by molar-refractivity contribution is 1.20. The van der Waals surface area contributed by atoms with Gasteiger partial charge in [0, 0.05) is 37.8 Å². The van der Waals surface area contributed by atoms with E-state index in [9.17, 15) is 0 Å². The summed E-state index contributed by atoms with van der Waals surface area (Å²) < 4.78 is 0.975. The Hall–Kier alpha value is -1.16. The smallest absolute Gasteiger partial charge is 0.100 e. The summed E-state index contributed by atoms with van der Waals surface area (Å²) in [4.78, 5) is 0. The van der Waals surface area contributed by atoms with E-state index in [1.165, 1.54) is 0 Å². The second kappa shape index (κ2) is 5.91. The molecule has 0 fully saturated rings. The third-order valence-corrected chi connectivity index (χ3v) is 4.46. The van der Waals surface area contributed by atoms with E-state index < -0.39 is 0 Å². The van der Waals surface area contributed by atoms with Crippen LogP contribution in [0.2, 0.25) is 10.0 Å². The van der Waals surface area contributed by atoms with Crippen molar-refractivity contribution in [2.24, 2.45) is 10.2 Å². The highest BCUT2D eigenvalue weighted by molar-refractivity contribution is 9.10. The van der Waals surface area contributed by atoms with E-state index in [1.807, 2.05) is 43.3 Å². The Morgan fingerprint density at radius 3 is 2.43 bits per heavy atom. The lowest BCUT2D eigenvalue weighted by Crippen LogP contribution is -2.07. The molecule has 1 aliphatic rings. The lowest BCUT2D eigenvalue weighted by atomic mass is 9.95. The van der Waals surface area contributed by atoms with Gasteiger partial charge in [0.25, 0.3) is 0 Å². The largest absolute Gasteiger partial charge is 0.159 e. The number of fused-ring (bicyclic) bond motifs is 1. The first-order chi connectivity index (χ1) is 10.0. The fourth-order valence-corrected chi connectivity index (χ4v) is 3.37. The highest BCUT2D eigenvalue weighted by Crippen LogP contribution is 2.30. The lowest BCUT2D eigenvalue weighted by Gasteiger charge is -2.12. The zero-order valence-electron chi connectivity index (χ0n) is 11.2. The molecule has 0 radical (unpaired) electrons. The van der Waals surface area contributed by atoms with Crippen molar-refractivity contribution in [1.82, 2.24) is 0 Å². The zero-order valence-corrected chi connectivity index (χ0v) is 14.3. The van der Waals surface area contributed by atoms with Crippen molar-refractivity contribution in [3.8, 4) is 0 Å². The number of hydrogen-bond acceptors (Lipinski definition) is 2. The van der Waals surface area contributed by atoms with Crippen LogP contribution in [0.4, 0.5) is 0 Å². The Bertz CT molecular complexity index is 765. The Labute approximate surface area is 141 Å². The summed E-state index contributed by atoms with van der Waals surface area (Å²) in [6.07, 6.45) is 0.744. The second-order valence-corrected chi connectivity index (χ2v) is 6.61. The van der Waals surface area contributed by atoms with E-state index in [2.05, 4.69) is 26.1 Å². The molecule has 0 aromatic heterocycles. The summed E-state index contributed by atoms with van der Waals surface area (Å²) in [5.41, 5.74) is 4.88. The fraction of sp³-hybridized carbons (Fsp3) is 0.125. The van der Waals surface area contributed by atoms with Gasteiger partial charge in [-0.25, -0.2) is 0 Å². The van der Waals surface area contributed by atoms with Gasteiger partial charge >= 0.3 is 0 Å². The molecule has 0 atom stereocenters. The molecule has 0 amide bonds. The predicted molar refractivity (Wildman–Crippen MR) is 93.1 cm³/mol. The first-order valence-electron chi connectivity index (χ1n) is 6.40. The molecule has 2 aromatic carbocycles. The maximum Gasteiger partial charge on any atom is 0.100 e. The Morgan fingerprint density at radius 1 is 1.00 bits per heavy atom. The number of benzene rings is 2. The van der Waals surface area contributed by atoms with E-state index in [-0.39, 0.29) is 0 Å². The summed E-state index contributed by atoms with van der Waals surface area (Å²) >= 11 is 15.8. The van der Waals surface area contributed by atoms with E-state index in [0.29, 0.717) is 10.0 Å². The fourth-order valence-electron chi connectivity index (χ4n) is 2.30. The standard InChI is InChI=1S/C16H11BrCl2N2/c1-9-6-13-14(7-12(19)8-15(13)17)16(21-20-9)10-2-4-11(18)5-3-10/h2-5,7-8H,6H2,1H3. The molecule has 0 spiro atoms. The monoisotopic (exact) mass is 380 g/mol. The highest BCUT2D eigenvalue weighted by Gasteiger charge is 2.19. The van der Waals surface area contributed by atoms with Crippen molar-refractivity contribution in [1.29, 1.82) is 0 Å². The molecule has 106 valence electrons. The van der Waals surface area contributed by atoms with Crippen molar-refractivity contribution < 1.29 is 0 Å². The van der Waals surface area contributed by atoms with Gasteiger partial charge < -0.3 is 0 Å². The zero-order chi connectivity index (χ0) is 15.0. The van der Waals surface area contributed by atoms with Crippen LogP contribution >= 0.6 is 39.1 Å². The van der Waals surface area contributed by atoms with Gasteiger partial charge in [0.05, 0.1) is 0 Å². The van der Waals surface area contributed by atoms with Crippen molar-refractivity contribution in [3.05, 3.63) is 67.6 Å². The number of rotatable bonds is 1. The van der Waals surface area contributed by atoms with E-state index >= 15 is 0 Å². The van der Waals surface area contributed by atoms with Crippen LogP contribution in [-0.2, 0) is 6.42 Å². The predicted octanol–water partition coefficient (Wildman–Crippen LogP) is 5.53. The minimum Gasteiger partial charge on any atom is -0.159 e. The van der Waals surface area contributed by atoms with Crippen LogP contribution in [-0.4, -0.2) is 11.4 Å². The van der Waals surface area contributed by atoms with Gasteiger partial charge in [0.1, 0.15) is 5.71 Å². The Balaban J connectivity index is 2.23. The second-order valence-electron chi connectivity index (χ2n) is 4.88. The summed E-state index contributed by atoms with van der Waals surface area (Å²) in [5.74, 6) is 0. The van der Waals surface area contributed by atoms with Crippen molar-refractivity contribution >= 4 is 50.6 Å². The molecule has 0 saturated carbocycles. The Morgan fingerprint density at radius 2 is 1.71 bits per heavy atom. The molecule has 0 N–H and O–H groups in total. The third kappa shape index (κ3) is 3.05. The summed E-state index contributed by atoms with van der Waals surface area (Å²) in [6.45, 7) is 1.97. The molecule has 5 heteroatoms. The summed E-state index contributed by atoms with van der Waals surface area (Å²) in [6, 6.07) is 11.4. The molecule has 2 nitrogen and oxygen atoms in total. The molecule has 2 aromatic rings. The number of halogens is 3. The molecule has 0 saturated heterocycles. The molecule has 1 heterocycles. The first kappa shape index (κ1) is 14.8. The van der Waals surface area contributed by atoms with Gasteiger partial charge in [0.15, 0.2) is 0 Å². The summed E-state index contributed by atoms with van der Waals surface area (Å²) in [7, 11) is 0. The van der Waals surface area contributed by atoms with E-state index in [1.54, 1.807) is 0 Å². The molecular formula is C16H11BrCl2N2. The maximum atomic E-state index is 6.21. The SMILES string of the molecule is CC1=NN=C(c2ccc(Cl)cc2)c2cc(Cl)cc(Br)c2C1. The average Bonchev–Trinajstić information content (AvgIpc) is 2.60. The van der Waals surface area contributed by atoms with Crippen molar-refractivity contribution in [2.75, 3.05) is 0 Å². The molecule has 3 rings (SSSR count). The van der Waals surface area contributed by atoms with Crippen LogP contribution in [0.1, 0.15) is 23.6 Å². The van der Waals surface area contributed by atoms with Crippen LogP contribution in [0.15, 0.2) is 51.1 Å². The van der Waals surface area contributed by atoms with Crippen LogP contribution in [0.3, 0.4) is 0 Å². The van der Waals surface area contributed by atoms with Crippen molar-refractivity contribution in [3.63, 3.8) is 0 Å². The van der Waals surface area contributed by atoms with Gasteiger partial charge in [0.2, 0.25) is 0 Å². The minimum atomic E-state index is 0.668. The molecule has 0 unspecified atom stereocenters. The Kier molecular flexibility index (Phi) is 4.16. The van der Waals surface area contributed by atoms with Gasteiger partial charge in [-0.05, 0) is 36.8 Å². The topological polar surface area (TPSA) is 24.7 Å². The van der Waals surface area contributed by atoms with Gasteiger partial charge in [-0.1, -0.05) is 51.3 Å². The quantitative estimate of drug-likeness (QED) is 0.620. The highest BCUT2D eigenvalue weighted by atomic mass is 79.9. The number of hydrogen-bond donors (Lipinski definition) is 0. The third-order valence-electron chi connectivity index (χ3n) is 3.29. The normalized spacial score (nSPS) is 14.1. The van der Waals surface area contributed by atoms with Crippen molar-refractivity contribution in [2.45, 2.75) is 13.3 Å². The van der Waals surface area contributed by atoms with E-state index in [0.717, 1.165) is 39.0 Å². The minimum absolute atomic E-state index is 0.668. The molecule has 21 heavy (non-hydrogen) atoms. The van der Waals surface area contributed by atoms with E-state index in [4.69, 9.17) is 23.2 Å². The van der Waals surface area contributed by atoms with Gasteiger partial charge in [-0.3, -0.25) is 0 Å². The first-order valence-corrected chi connectivity index (χ1v) is 7.95. The van der Waals surface area contributed by atoms with Gasteiger partial charge in [-0.2, -0.15) is 5.10 Å². The average molecular weight is 382 g/mol. The molecule has 0 aliphatic carbocycles. The molecular weight excluding hydrogens is 371 g/mol. The maximum absolute atomic E-state index is 6.21. The molecule has 1 aliphatic heterocycles. The summed E-state index contributed by atoms with van der Waals surface area (Å²) in [5, 5.41) is 10.1.